The third-order valence-electron chi connectivity index (χ3n) is 5.05. The van der Waals surface area contributed by atoms with Gasteiger partial charge in [-0.15, -0.1) is 0 Å². The molecule has 1 aliphatic rings. The first-order chi connectivity index (χ1) is 15.4. The van der Waals surface area contributed by atoms with Crippen LogP contribution < -0.4 is 10.2 Å². The van der Waals surface area contributed by atoms with E-state index in [0.29, 0.717) is 11.3 Å². The van der Waals surface area contributed by atoms with E-state index >= 15 is 0 Å². The molecule has 1 N–H and O–H groups in total. The van der Waals surface area contributed by atoms with Crippen LogP contribution in [0.2, 0.25) is 0 Å². The van der Waals surface area contributed by atoms with E-state index in [0.717, 1.165) is 9.21 Å². The molecule has 2 aromatic carbocycles. The molecule has 0 aliphatic carbocycles. The topological polar surface area (TPSA) is 128 Å². The zero-order valence-corrected chi connectivity index (χ0v) is 19.5. The number of benzene rings is 2. The molecule has 1 aliphatic heterocycles. The van der Waals surface area contributed by atoms with E-state index in [2.05, 4.69) is 5.32 Å². The van der Waals surface area contributed by atoms with E-state index in [9.17, 15) is 22.8 Å². The largest absolute Gasteiger partial charge is 0.326 e. The number of rotatable bonds is 5. The van der Waals surface area contributed by atoms with Crippen LogP contribution in [0, 0.1) is 11.3 Å². The van der Waals surface area contributed by atoms with Crippen LogP contribution in [-0.4, -0.2) is 42.0 Å². The van der Waals surface area contributed by atoms with Crippen LogP contribution in [0.3, 0.4) is 0 Å². The minimum Gasteiger partial charge on any atom is -0.326 e. The number of carbonyl (C=O) groups excluding carboxylic acids is 3. The van der Waals surface area contributed by atoms with E-state index in [1.54, 1.807) is 20.8 Å². The third-order valence-corrected chi connectivity index (χ3v) is 7.24. The lowest BCUT2D eigenvalue weighted by Gasteiger charge is -2.37. The summed E-state index contributed by atoms with van der Waals surface area (Å²) in [6.45, 7) is 6.30. The fourth-order valence-corrected chi connectivity index (χ4v) is 5.71. The molecule has 0 aromatic heterocycles. The molecule has 0 bridgehead atoms. The van der Waals surface area contributed by atoms with Gasteiger partial charge < -0.3 is 5.32 Å². The average Bonchev–Trinajstić information content (AvgIpc) is 3.00. The summed E-state index contributed by atoms with van der Waals surface area (Å²) in [5.74, 6) is -1.47. The Kier molecular flexibility index (Phi) is 6.40. The maximum absolute atomic E-state index is 13.6. The van der Waals surface area contributed by atoms with Crippen molar-refractivity contribution in [1.82, 2.24) is 4.31 Å². The highest BCUT2D eigenvalue weighted by Gasteiger charge is 2.50. The van der Waals surface area contributed by atoms with Crippen molar-refractivity contribution < 1.29 is 22.8 Å². The first-order valence-corrected chi connectivity index (χ1v) is 11.6. The standard InChI is InChI=1S/C23H24N4O5S/c1-15(28)25-17-7-11-19(12-8-17)33(31,32)27(23(2,3)4)20-13-21(29)26(22(20)30)18-9-5-16(14-24)6-10-18/h5-12,20H,13H2,1-4H3,(H,25,28). The van der Waals surface area contributed by atoms with Crippen molar-refractivity contribution in [2.45, 2.75) is 50.6 Å². The highest BCUT2D eigenvalue weighted by atomic mass is 32.2. The van der Waals surface area contributed by atoms with Gasteiger partial charge in [-0.3, -0.25) is 14.4 Å². The molecule has 33 heavy (non-hydrogen) atoms. The van der Waals surface area contributed by atoms with Crippen molar-refractivity contribution >= 4 is 39.1 Å². The molecular weight excluding hydrogens is 444 g/mol. The van der Waals surface area contributed by atoms with Crippen LogP contribution in [0.5, 0.6) is 0 Å². The van der Waals surface area contributed by atoms with E-state index < -0.39 is 33.4 Å². The molecule has 0 radical (unpaired) electrons. The summed E-state index contributed by atoms with van der Waals surface area (Å²) in [6.07, 6.45) is -0.306. The Labute approximate surface area is 192 Å². The summed E-state index contributed by atoms with van der Waals surface area (Å²) in [6, 6.07) is 12.3. The van der Waals surface area contributed by atoms with E-state index in [-0.39, 0.29) is 22.9 Å². The monoisotopic (exact) mass is 468 g/mol. The van der Waals surface area contributed by atoms with Crippen molar-refractivity contribution in [2.75, 3.05) is 10.2 Å². The van der Waals surface area contributed by atoms with Gasteiger partial charge in [0.05, 0.1) is 28.6 Å². The van der Waals surface area contributed by atoms with Gasteiger partial charge in [0.1, 0.15) is 6.04 Å². The summed E-state index contributed by atoms with van der Waals surface area (Å²) < 4.78 is 28.3. The molecule has 9 nitrogen and oxygen atoms in total. The number of amides is 3. The maximum Gasteiger partial charge on any atom is 0.252 e. The fourth-order valence-electron chi connectivity index (χ4n) is 3.78. The number of imide groups is 1. The SMILES string of the molecule is CC(=O)Nc1ccc(S(=O)(=O)N(C2CC(=O)N(c3ccc(C#N)cc3)C2=O)C(C)(C)C)cc1. The van der Waals surface area contributed by atoms with Crippen LogP contribution in [0.1, 0.15) is 39.7 Å². The Bertz CT molecular complexity index is 1240. The minimum absolute atomic E-state index is 0.0661. The minimum atomic E-state index is -4.18. The number of hydrogen-bond acceptors (Lipinski definition) is 6. The van der Waals surface area contributed by atoms with Crippen LogP contribution in [-0.2, 0) is 24.4 Å². The van der Waals surface area contributed by atoms with Crippen molar-refractivity contribution in [2.24, 2.45) is 0 Å². The van der Waals surface area contributed by atoms with Crippen LogP contribution in [0.4, 0.5) is 11.4 Å². The van der Waals surface area contributed by atoms with Crippen LogP contribution >= 0.6 is 0 Å². The fraction of sp³-hybridized carbons (Fsp3) is 0.304. The Hall–Kier alpha value is -3.55. The second-order valence-electron chi connectivity index (χ2n) is 8.62. The number of carbonyl (C=O) groups is 3. The number of nitrogens with one attached hydrogen (secondary N) is 1. The summed E-state index contributed by atoms with van der Waals surface area (Å²) in [4.78, 5) is 38.2. The highest BCUT2D eigenvalue weighted by Crippen LogP contribution is 2.34. The summed E-state index contributed by atoms with van der Waals surface area (Å²) in [7, 11) is -4.18. The summed E-state index contributed by atoms with van der Waals surface area (Å²) in [5.41, 5.74) is 0.0625. The van der Waals surface area contributed by atoms with Gasteiger partial charge in [0.25, 0.3) is 5.91 Å². The van der Waals surface area contributed by atoms with Gasteiger partial charge in [-0.1, -0.05) is 0 Å². The molecule has 0 saturated carbocycles. The highest BCUT2D eigenvalue weighted by molar-refractivity contribution is 7.89. The lowest BCUT2D eigenvalue weighted by molar-refractivity contribution is -0.122. The Morgan fingerprint density at radius 3 is 2.15 bits per heavy atom. The van der Waals surface area contributed by atoms with E-state index in [4.69, 9.17) is 5.26 Å². The van der Waals surface area contributed by atoms with Gasteiger partial charge in [0.2, 0.25) is 21.8 Å². The van der Waals surface area contributed by atoms with Crippen LogP contribution in [0.15, 0.2) is 53.4 Å². The second kappa shape index (κ2) is 8.77. The molecule has 0 spiro atoms. The molecule has 1 unspecified atom stereocenters. The van der Waals surface area contributed by atoms with Crippen molar-refractivity contribution in [1.29, 1.82) is 5.26 Å². The second-order valence-corrected chi connectivity index (χ2v) is 10.4. The number of nitrogens with zero attached hydrogens (tertiary/aromatic N) is 3. The lowest BCUT2D eigenvalue weighted by Crippen LogP contribution is -2.54. The number of nitriles is 1. The molecule has 2 aromatic rings. The maximum atomic E-state index is 13.6. The molecule has 1 fully saturated rings. The summed E-state index contributed by atoms with van der Waals surface area (Å²) >= 11 is 0. The number of hydrogen-bond donors (Lipinski definition) is 1. The zero-order chi connectivity index (χ0) is 24.6. The zero-order valence-electron chi connectivity index (χ0n) is 18.7. The van der Waals surface area contributed by atoms with Gasteiger partial charge in [0, 0.05) is 18.2 Å². The Morgan fingerprint density at radius 1 is 1.09 bits per heavy atom. The Balaban J connectivity index is 1.99. The molecule has 1 saturated heterocycles. The number of anilines is 2. The van der Waals surface area contributed by atoms with E-state index in [1.807, 2.05) is 6.07 Å². The van der Waals surface area contributed by atoms with E-state index in [1.165, 1.54) is 55.5 Å². The van der Waals surface area contributed by atoms with Gasteiger partial charge in [-0.25, -0.2) is 13.3 Å². The molecular formula is C23H24N4O5S. The van der Waals surface area contributed by atoms with Gasteiger partial charge >= 0.3 is 0 Å². The Morgan fingerprint density at radius 2 is 1.67 bits per heavy atom. The van der Waals surface area contributed by atoms with Crippen molar-refractivity contribution in [3.05, 3.63) is 54.1 Å². The predicted octanol–water partition coefficient (Wildman–Crippen LogP) is 2.64. The quantitative estimate of drug-likeness (QED) is 0.672. The van der Waals surface area contributed by atoms with Gasteiger partial charge in [-0.2, -0.15) is 9.57 Å². The van der Waals surface area contributed by atoms with Crippen LogP contribution in [0.25, 0.3) is 0 Å². The molecule has 10 heteroatoms. The normalized spacial score (nSPS) is 16.7. The third kappa shape index (κ3) is 4.79. The molecule has 1 atom stereocenters. The lowest BCUT2D eigenvalue weighted by atomic mass is 10.1. The average molecular weight is 469 g/mol. The predicted molar refractivity (Wildman–Crippen MR) is 122 cm³/mol. The number of sulfonamides is 1. The smallest absolute Gasteiger partial charge is 0.252 e. The first kappa shape index (κ1) is 24.1. The summed E-state index contributed by atoms with van der Waals surface area (Å²) in [5, 5.41) is 11.5. The first-order valence-electron chi connectivity index (χ1n) is 10.2. The van der Waals surface area contributed by atoms with Gasteiger partial charge in [-0.05, 0) is 69.3 Å². The van der Waals surface area contributed by atoms with Crippen molar-refractivity contribution in [3.63, 3.8) is 0 Å². The molecule has 3 rings (SSSR count). The molecule has 172 valence electrons. The molecule has 1 heterocycles. The molecule has 3 amide bonds. The van der Waals surface area contributed by atoms with Gasteiger partial charge in [0.15, 0.2) is 0 Å². The van der Waals surface area contributed by atoms with Crippen molar-refractivity contribution in [3.8, 4) is 6.07 Å².